The summed E-state index contributed by atoms with van der Waals surface area (Å²) in [5.41, 5.74) is 1.20. The minimum atomic E-state index is -4.56. The normalized spacial score (nSPS) is 9.39. The highest BCUT2D eigenvalue weighted by Gasteiger charge is 1.86. The van der Waals surface area contributed by atoms with Gasteiger partial charge < -0.3 is 42.8 Å². The van der Waals surface area contributed by atoms with Crippen molar-refractivity contribution in [3.8, 4) is 0 Å². The summed E-state index contributed by atoms with van der Waals surface area (Å²) in [5, 5.41) is 0.778. The molecule has 0 heterocycles. The van der Waals surface area contributed by atoms with Gasteiger partial charge in [-0.25, -0.2) is 0 Å². The molecule has 6 nitrogen and oxygen atoms in total. The zero-order valence-electron chi connectivity index (χ0n) is 13.0. The number of benzene rings is 1. The lowest BCUT2D eigenvalue weighted by Crippen LogP contribution is -2.23. The summed E-state index contributed by atoms with van der Waals surface area (Å²) in [6.45, 7) is -1.11. The first kappa shape index (κ1) is 31.7. The Morgan fingerprint density at radius 2 is 1.04 bits per heavy atom. The van der Waals surface area contributed by atoms with Crippen molar-refractivity contribution in [2.24, 2.45) is 0 Å². The maximum absolute atomic E-state index is 8.92. The fourth-order valence-electron chi connectivity index (χ4n) is 0.590. The molecule has 0 aliphatic heterocycles. The molecule has 0 bridgehead atoms. The lowest BCUT2D eigenvalue weighted by molar-refractivity contribution is -0.413. The maximum atomic E-state index is 8.92. The van der Waals surface area contributed by atoms with Crippen LogP contribution >= 0.6 is 37.7 Å². The van der Waals surface area contributed by atoms with Crippen molar-refractivity contribution in [2.45, 2.75) is 33.4 Å². The summed E-state index contributed by atoms with van der Waals surface area (Å²) in [7, 11) is 0. The molecule has 0 unspecified atom stereocenters. The first-order valence-electron chi connectivity index (χ1n) is 6.14. The van der Waals surface area contributed by atoms with Crippen LogP contribution in [0.2, 0.25) is 5.02 Å². The van der Waals surface area contributed by atoms with Gasteiger partial charge in [0.05, 0.1) is 0 Å². The van der Waals surface area contributed by atoms with Crippen LogP contribution in [0.1, 0.15) is 33.3 Å². The van der Waals surface area contributed by atoms with Gasteiger partial charge in [0, 0.05) is 10.8 Å². The van der Waals surface area contributed by atoms with Crippen LogP contribution in [0.15, 0.2) is 24.3 Å². The number of hydrogen-bond acceptors (Lipinski definition) is 9. The molecule has 0 aliphatic carbocycles. The van der Waals surface area contributed by atoms with Crippen molar-refractivity contribution >= 4 is 61.3 Å². The Morgan fingerprint density at radius 1 is 0.826 bits per heavy atom. The summed E-state index contributed by atoms with van der Waals surface area (Å²) in [5.74, 6) is 0.775. The molecule has 0 saturated heterocycles. The second kappa shape index (κ2) is 19.2. The molecule has 1 rings (SSSR count). The van der Waals surface area contributed by atoms with Crippen LogP contribution < -0.4 is 29.4 Å². The highest BCUT2D eigenvalue weighted by Crippen LogP contribution is 2.10. The van der Waals surface area contributed by atoms with Gasteiger partial charge in [-0.05, 0) is 17.7 Å². The molecule has 0 atom stereocenters. The van der Waals surface area contributed by atoms with Crippen LogP contribution in [0.25, 0.3) is 0 Å². The second-order valence-electron chi connectivity index (χ2n) is 2.68. The van der Waals surface area contributed by atoms with Gasteiger partial charge in [0.25, 0.3) is 0 Å². The largest absolute Gasteiger partial charge is 0.844 e. The molecule has 0 radical (unpaired) electrons. The Morgan fingerprint density at radius 3 is 1.22 bits per heavy atom. The molecule has 0 saturated carbocycles. The van der Waals surface area contributed by atoms with Crippen LogP contribution in [0.4, 0.5) is 0 Å². The van der Waals surface area contributed by atoms with Crippen LogP contribution in [-0.4, -0.2) is 0 Å². The van der Waals surface area contributed by atoms with Gasteiger partial charge in [0.2, 0.25) is 0 Å². The van der Waals surface area contributed by atoms with Crippen LogP contribution in [-0.2, 0) is 29.4 Å². The molecule has 0 fully saturated rings. The summed E-state index contributed by atoms with van der Waals surface area (Å²) in [4.78, 5) is 53.5. The molecule has 0 N–H and O–H groups in total. The Labute approximate surface area is 158 Å². The van der Waals surface area contributed by atoms with Crippen molar-refractivity contribution < 1.29 is 29.4 Å². The molecule has 1 aromatic carbocycles. The highest BCUT2D eigenvalue weighted by molar-refractivity contribution is 8.04. The van der Waals surface area contributed by atoms with E-state index in [0.29, 0.717) is 0 Å². The Bertz CT molecular complexity index is 413. The van der Waals surface area contributed by atoms with E-state index in [-0.39, 0.29) is 0 Å². The summed E-state index contributed by atoms with van der Waals surface area (Å²) < 4.78 is 0. The van der Waals surface area contributed by atoms with Crippen LogP contribution in [0.3, 0.4) is 0 Å². The van der Waals surface area contributed by atoms with Gasteiger partial charge in [0.15, 0.2) is 0 Å². The van der Waals surface area contributed by atoms with E-state index < -0.39 is 13.4 Å². The maximum Gasteiger partial charge on any atom is 0.0406 e. The zero-order chi connectivity index (χ0) is 19.7. The number of rotatable bonds is 1. The SMILES string of the molecule is CC.CC.SCc1ccc(Cl)cc1.[O-]P([O-])([O-])=S.[O-]P([O-])([O-])=S. The minimum absolute atomic E-state index is 0.775. The molecule has 23 heavy (non-hydrogen) atoms. The van der Waals surface area contributed by atoms with Crippen molar-refractivity contribution in [1.82, 2.24) is 0 Å². The third-order valence-corrected chi connectivity index (χ3v) is 1.71. The highest BCUT2D eigenvalue weighted by atomic mass is 35.5. The molecule has 12 heteroatoms. The molecule has 1 aromatic rings. The second-order valence-corrected chi connectivity index (χ2v) is 7.90. The summed E-state index contributed by atoms with van der Waals surface area (Å²) in [6, 6.07) is 7.67. The fourth-order valence-corrected chi connectivity index (χ4v) is 0.927. The van der Waals surface area contributed by atoms with Crippen LogP contribution in [0, 0.1) is 0 Å². The first-order chi connectivity index (χ1) is 10.3. The van der Waals surface area contributed by atoms with Crippen molar-refractivity contribution in [2.75, 3.05) is 0 Å². The van der Waals surface area contributed by atoms with Crippen molar-refractivity contribution in [3.63, 3.8) is 0 Å². The van der Waals surface area contributed by atoms with E-state index in [4.69, 9.17) is 41.0 Å². The molecule has 0 amide bonds. The van der Waals surface area contributed by atoms with E-state index in [0.717, 1.165) is 10.8 Å². The average Bonchev–Trinajstić information content (AvgIpc) is 2.40. The first-order valence-corrected chi connectivity index (χ1v) is 12.3. The van der Waals surface area contributed by atoms with Crippen LogP contribution in [0.5, 0.6) is 0 Å². The lowest BCUT2D eigenvalue weighted by Gasteiger charge is -2.43. The predicted octanol–water partition coefficient (Wildman–Crippen LogP) is -0.594. The molecular formula is C11H19ClO6P2S3-6. The monoisotopic (exact) mass is 440 g/mol. The standard InChI is InChI=1S/C7H7ClS.2C2H6.2H3O3PS/c8-7-3-1-6(5-9)2-4-7;2*1-2;2*1-4(2,3)5/h1-4,9H,5H2;2*1-2H3;2*(H3,1,2,3,5)/p-6. The average molecular weight is 441 g/mol. The summed E-state index contributed by atoms with van der Waals surface area (Å²) in [6.07, 6.45) is 0. The quantitative estimate of drug-likeness (QED) is 0.451. The van der Waals surface area contributed by atoms with E-state index in [2.05, 4.69) is 36.2 Å². The molecule has 140 valence electrons. The third-order valence-electron chi connectivity index (χ3n) is 1.10. The zero-order valence-corrected chi connectivity index (χ0v) is 18.1. The van der Waals surface area contributed by atoms with E-state index in [1.165, 1.54) is 5.56 Å². The number of hydrogen-bond donors (Lipinski definition) is 1. The van der Waals surface area contributed by atoms with Gasteiger partial charge >= 0.3 is 0 Å². The fraction of sp³-hybridized carbons (Fsp3) is 0.455. The number of halogens is 1. The Balaban J connectivity index is -0.000000112. The lowest BCUT2D eigenvalue weighted by atomic mass is 10.2. The van der Waals surface area contributed by atoms with Crippen molar-refractivity contribution in [1.29, 1.82) is 0 Å². The summed E-state index contributed by atoms with van der Waals surface area (Å²) >= 11 is 16.3. The van der Waals surface area contributed by atoms with Gasteiger partial charge in [0.1, 0.15) is 0 Å². The molecule has 0 aliphatic rings. The van der Waals surface area contributed by atoms with Gasteiger partial charge in [-0.3, -0.25) is 0 Å². The van der Waals surface area contributed by atoms with E-state index in [1.54, 1.807) is 0 Å². The van der Waals surface area contributed by atoms with Crippen molar-refractivity contribution in [3.05, 3.63) is 34.9 Å². The van der Waals surface area contributed by atoms with E-state index >= 15 is 0 Å². The van der Waals surface area contributed by atoms with E-state index in [1.807, 2.05) is 52.0 Å². The topological polar surface area (TPSA) is 138 Å². The predicted molar refractivity (Wildman–Crippen MR) is 95.4 cm³/mol. The van der Waals surface area contributed by atoms with Gasteiger partial charge in [-0.2, -0.15) is 36.2 Å². The number of thiol groups is 1. The van der Waals surface area contributed by atoms with Gasteiger partial charge in [-0.1, -0.05) is 51.4 Å². The van der Waals surface area contributed by atoms with E-state index in [9.17, 15) is 0 Å². The molecular weight excluding hydrogens is 422 g/mol. The Hall–Kier alpha value is 0.920. The smallest absolute Gasteiger partial charge is 0.0406 e. The third kappa shape index (κ3) is 60.1. The molecule has 0 spiro atoms. The van der Waals surface area contributed by atoms with Gasteiger partial charge in [-0.15, -0.1) is 0 Å². The molecule has 0 aromatic heterocycles. The minimum Gasteiger partial charge on any atom is -0.844 e. The Kier molecular flexibility index (Phi) is 26.5.